The lowest BCUT2D eigenvalue weighted by Gasteiger charge is -1.96. The largest absolute Gasteiger partial charge is 0.275 e. The summed E-state index contributed by atoms with van der Waals surface area (Å²) >= 11 is 0. The molecule has 1 aromatic carbocycles. The molecule has 0 fully saturated rings. The van der Waals surface area contributed by atoms with Crippen LogP contribution in [-0.4, -0.2) is 15.4 Å². The van der Waals surface area contributed by atoms with Gasteiger partial charge in [0.05, 0.1) is 5.39 Å². The van der Waals surface area contributed by atoms with Gasteiger partial charge in [0.2, 0.25) is 0 Å². The van der Waals surface area contributed by atoms with Gasteiger partial charge < -0.3 is 0 Å². The predicted octanol–water partition coefficient (Wildman–Crippen LogP) is 2.58. The van der Waals surface area contributed by atoms with Crippen molar-refractivity contribution in [3.8, 4) is 11.1 Å². The third kappa shape index (κ3) is 1.37. The second-order valence-electron chi connectivity index (χ2n) is 4.49. The standard InChI is InChI=1S/C15H9N3O/c19-15-13-11-6-2-1-4-9(11)8-10-5-3-7-12(10)14(13)16-18-17-15/h1-8H,(H,16,17,19). The Balaban J connectivity index is 2.46. The third-order valence-electron chi connectivity index (χ3n) is 3.41. The number of fused-ring (bicyclic) bond motifs is 5. The Labute approximate surface area is 108 Å². The SMILES string of the molecule is O=c1[nH]nnc2c3cccc-3cc3ccccc3c12. The lowest BCUT2D eigenvalue weighted by molar-refractivity contribution is 0.874. The van der Waals surface area contributed by atoms with Crippen molar-refractivity contribution in [2.45, 2.75) is 0 Å². The molecule has 1 N–H and O–H groups in total. The minimum Gasteiger partial charge on any atom is -0.267 e. The first-order valence-electron chi connectivity index (χ1n) is 6.00. The smallest absolute Gasteiger partial charge is 0.267 e. The molecule has 4 heteroatoms. The molecule has 0 atom stereocenters. The summed E-state index contributed by atoms with van der Waals surface area (Å²) in [5, 5.41) is 12.7. The minimum absolute atomic E-state index is 0.208. The fourth-order valence-electron chi connectivity index (χ4n) is 2.57. The summed E-state index contributed by atoms with van der Waals surface area (Å²) < 4.78 is 0. The van der Waals surface area contributed by atoms with Crippen LogP contribution in [0.4, 0.5) is 0 Å². The number of rotatable bonds is 0. The van der Waals surface area contributed by atoms with Crippen molar-refractivity contribution in [1.82, 2.24) is 15.4 Å². The highest BCUT2D eigenvalue weighted by molar-refractivity contribution is 6.10. The number of hydrogen-bond donors (Lipinski definition) is 1. The third-order valence-corrected chi connectivity index (χ3v) is 3.41. The molecule has 0 amide bonds. The Morgan fingerprint density at radius 1 is 1.00 bits per heavy atom. The summed E-state index contributed by atoms with van der Waals surface area (Å²) in [6.45, 7) is 0. The van der Waals surface area contributed by atoms with Gasteiger partial charge in [-0.3, -0.25) is 4.79 Å². The van der Waals surface area contributed by atoms with Crippen molar-refractivity contribution in [2.75, 3.05) is 0 Å². The maximum atomic E-state index is 12.1. The van der Waals surface area contributed by atoms with Gasteiger partial charge in [-0.15, -0.1) is 5.10 Å². The van der Waals surface area contributed by atoms with Crippen molar-refractivity contribution in [2.24, 2.45) is 0 Å². The number of hydrogen-bond acceptors (Lipinski definition) is 3. The number of aromatic amines is 1. The van der Waals surface area contributed by atoms with Gasteiger partial charge in [0.1, 0.15) is 5.52 Å². The van der Waals surface area contributed by atoms with Crippen molar-refractivity contribution < 1.29 is 0 Å². The van der Waals surface area contributed by atoms with Crippen LogP contribution in [0.2, 0.25) is 0 Å². The molecular formula is C15H9N3O. The summed E-state index contributed by atoms with van der Waals surface area (Å²) in [6.07, 6.45) is 0. The molecule has 2 aliphatic carbocycles. The number of H-pyrrole nitrogens is 1. The topological polar surface area (TPSA) is 58.6 Å². The van der Waals surface area contributed by atoms with Crippen LogP contribution >= 0.6 is 0 Å². The lowest BCUT2D eigenvalue weighted by Crippen LogP contribution is -2.09. The minimum atomic E-state index is -0.208. The normalized spacial score (nSPS) is 11.4. The number of nitrogens with zero attached hydrogens (tertiary/aromatic N) is 2. The molecule has 0 spiro atoms. The van der Waals surface area contributed by atoms with Crippen LogP contribution in [0.25, 0.3) is 32.8 Å². The second-order valence-corrected chi connectivity index (χ2v) is 4.49. The highest BCUT2D eigenvalue weighted by atomic mass is 16.1. The van der Waals surface area contributed by atoms with Crippen LogP contribution in [0.15, 0.2) is 53.3 Å². The Hall–Kier alpha value is -2.75. The maximum Gasteiger partial charge on any atom is 0.275 e. The fraction of sp³-hybridized carbons (Fsp3) is 0. The van der Waals surface area contributed by atoms with Gasteiger partial charge in [-0.1, -0.05) is 47.7 Å². The molecule has 0 saturated heterocycles. The highest BCUT2D eigenvalue weighted by Gasteiger charge is 2.12. The van der Waals surface area contributed by atoms with Gasteiger partial charge in [-0.05, 0) is 22.4 Å². The van der Waals surface area contributed by atoms with E-state index in [-0.39, 0.29) is 5.56 Å². The van der Waals surface area contributed by atoms with Crippen LogP contribution in [0.3, 0.4) is 0 Å². The van der Waals surface area contributed by atoms with E-state index in [2.05, 4.69) is 21.5 Å². The predicted molar refractivity (Wildman–Crippen MR) is 74.3 cm³/mol. The van der Waals surface area contributed by atoms with Gasteiger partial charge in [-0.2, -0.15) is 0 Å². The summed E-state index contributed by atoms with van der Waals surface area (Å²) in [5.74, 6) is 0. The fourth-order valence-corrected chi connectivity index (χ4v) is 2.57. The Bertz CT molecular complexity index is 943. The van der Waals surface area contributed by atoms with E-state index in [0.29, 0.717) is 10.9 Å². The quantitative estimate of drug-likeness (QED) is 0.519. The van der Waals surface area contributed by atoms with Crippen LogP contribution in [-0.2, 0) is 0 Å². The average molecular weight is 247 g/mol. The molecule has 19 heavy (non-hydrogen) atoms. The van der Waals surface area contributed by atoms with E-state index in [1.807, 2.05) is 42.5 Å². The molecular weight excluding hydrogens is 238 g/mol. The zero-order valence-electron chi connectivity index (χ0n) is 9.92. The van der Waals surface area contributed by atoms with Crippen LogP contribution in [0.5, 0.6) is 0 Å². The molecule has 0 aliphatic heterocycles. The van der Waals surface area contributed by atoms with Crippen molar-refractivity contribution in [3.05, 3.63) is 58.9 Å². The molecule has 90 valence electrons. The van der Waals surface area contributed by atoms with Crippen molar-refractivity contribution in [3.63, 3.8) is 0 Å². The molecule has 1 heterocycles. The molecule has 0 radical (unpaired) electrons. The molecule has 2 aromatic rings. The first kappa shape index (κ1) is 10.2. The average Bonchev–Trinajstić information content (AvgIpc) is 2.83. The summed E-state index contributed by atoms with van der Waals surface area (Å²) in [6, 6.07) is 15.8. The number of aromatic nitrogens is 3. The van der Waals surface area contributed by atoms with E-state index < -0.39 is 0 Å². The Morgan fingerprint density at radius 2 is 1.89 bits per heavy atom. The number of nitrogens with one attached hydrogen (secondary N) is 1. The van der Waals surface area contributed by atoms with Gasteiger partial charge >= 0.3 is 0 Å². The van der Waals surface area contributed by atoms with Crippen LogP contribution < -0.4 is 5.56 Å². The van der Waals surface area contributed by atoms with Crippen molar-refractivity contribution in [1.29, 1.82) is 0 Å². The molecule has 4 nitrogen and oxygen atoms in total. The molecule has 2 aliphatic rings. The van der Waals surface area contributed by atoms with Crippen LogP contribution in [0.1, 0.15) is 0 Å². The lowest BCUT2D eigenvalue weighted by atomic mass is 10.1. The zero-order valence-corrected chi connectivity index (χ0v) is 9.92. The highest BCUT2D eigenvalue weighted by Crippen LogP contribution is 2.32. The van der Waals surface area contributed by atoms with E-state index in [1.165, 1.54) is 0 Å². The molecule has 0 bridgehead atoms. The van der Waals surface area contributed by atoms with Gasteiger partial charge in [0.15, 0.2) is 0 Å². The molecule has 1 aromatic heterocycles. The summed E-state index contributed by atoms with van der Waals surface area (Å²) in [7, 11) is 0. The Kier molecular flexibility index (Phi) is 1.94. The first-order chi connectivity index (χ1) is 9.34. The van der Waals surface area contributed by atoms with Gasteiger partial charge in [0.25, 0.3) is 5.56 Å². The van der Waals surface area contributed by atoms with E-state index in [4.69, 9.17) is 0 Å². The molecule has 0 saturated carbocycles. The van der Waals surface area contributed by atoms with Crippen molar-refractivity contribution >= 4 is 21.7 Å². The zero-order chi connectivity index (χ0) is 12.8. The second kappa shape index (κ2) is 3.62. The Morgan fingerprint density at radius 3 is 2.84 bits per heavy atom. The molecule has 0 unspecified atom stereocenters. The first-order valence-corrected chi connectivity index (χ1v) is 6.00. The summed E-state index contributed by atoms with van der Waals surface area (Å²) in [4.78, 5) is 12.1. The van der Waals surface area contributed by atoms with Crippen LogP contribution in [0, 0.1) is 0 Å². The monoisotopic (exact) mass is 247 g/mol. The number of benzene rings is 1. The van der Waals surface area contributed by atoms with E-state index in [9.17, 15) is 4.79 Å². The van der Waals surface area contributed by atoms with E-state index >= 15 is 0 Å². The molecule has 4 rings (SSSR count). The van der Waals surface area contributed by atoms with Gasteiger partial charge in [0, 0.05) is 5.56 Å². The maximum absolute atomic E-state index is 12.1. The van der Waals surface area contributed by atoms with Gasteiger partial charge in [-0.25, -0.2) is 5.10 Å². The van der Waals surface area contributed by atoms with E-state index in [1.54, 1.807) is 0 Å². The van der Waals surface area contributed by atoms with E-state index in [0.717, 1.165) is 21.9 Å². The summed E-state index contributed by atoms with van der Waals surface area (Å²) in [5.41, 5.74) is 2.45.